The summed E-state index contributed by atoms with van der Waals surface area (Å²) in [4.78, 5) is 28.6. The van der Waals surface area contributed by atoms with Gasteiger partial charge in [-0.15, -0.1) is 0 Å². The van der Waals surface area contributed by atoms with Crippen LogP contribution in [-0.4, -0.2) is 69.4 Å². The number of carboxylic acid groups (broad SMARTS) is 2. The van der Waals surface area contributed by atoms with Crippen molar-refractivity contribution in [2.75, 3.05) is 13.2 Å². The molecule has 0 saturated heterocycles. The van der Waals surface area contributed by atoms with Crippen molar-refractivity contribution in [1.29, 1.82) is 0 Å². The maximum Gasteiger partial charge on any atom is 0.344 e. The third-order valence-corrected chi connectivity index (χ3v) is 1.29. The number of hydrogen-bond donors (Lipinski definition) is 5. The Morgan fingerprint density at radius 2 is 1.58 bits per heavy atom. The van der Waals surface area contributed by atoms with Gasteiger partial charge in [-0.25, -0.2) is 4.79 Å². The summed E-state index contributed by atoms with van der Waals surface area (Å²) in [6, 6.07) is 0. The van der Waals surface area contributed by atoms with Gasteiger partial charge in [-0.1, -0.05) is 6.92 Å². The first-order valence-electron chi connectivity index (χ1n) is 5.17. The molecule has 9 nitrogen and oxygen atoms in total. The van der Waals surface area contributed by atoms with E-state index in [0.29, 0.717) is 6.42 Å². The third kappa shape index (κ3) is 26.1. The van der Waals surface area contributed by atoms with Gasteiger partial charge in [0.2, 0.25) is 0 Å². The van der Waals surface area contributed by atoms with E-state index in [2.05, 4.69) is 4.74 Å². The maximum atomic E-state index is 10.0. The van der Waals surface area contributed by atoms with Crippen molar-refractivity contribution in [2.45, 2.75) is 32.5 Å². The van der Waals surface area contributed by atoms with Crippen molar-refractivity contribution in [3.8, 4) is 0 Å². The lowest BCUT2D eigenvalue weighted by Crippen LogP contribution is -2.21. The molecule has 0 aliphatic rings. The number of ether oxygens (including phenoxy) is 1. The van der Waals surface area contributed by atoms with Crippen molar-refractivity contribution in [2.24, 2.45) is 0 Å². The number of aliphatic carboxylic acids is 2. The maximum absolute atomic E-state index is 10.0. The van der Waals surface area contributed by atoms with Crippen LogP contribution >= 0.6 is 0 Å². The summed E-state index contributed by atoms with van der Waals surface area (Å²) in [5.41, 5.74) is 0. The topological polar surface area (TPSA) is 162 Å². The van der Waals surface area contributed by atoms with Crippen LogP contribution in [0, 0.1) is 0 Å². The van der Waals surface area contributed by atoms with Crippen LogP contribution in [0.15, 0.2) is 0 Å². The highest BCUT2D eigenvalue weighted by molar-refractivity contribution is 5.73. The Labute approximate surface area is 110 Å². The number of carbonyl (C=O) groups excluding carboxylic acids is 1. The summed E-state index contributed by atoms with van der Waals surface area (Å²) in [5, 5.41) is 39.7. The molecule has 0 amide bonds. The highest BCUT2D eigenvalue weighted by atomic mass is 16.5. The summed E-state index contributed by atoms with van der Waals surface area (Å²) in [6.07, 6.45) is -1.64. The van der Waals surface area contributed by atoms with Crippen LogP contribution in [0.3, 0.4) is 0 Å². The number of hydrogen-bond acceptors (Lipinski definition) is 7. The second-order valence-corrected chi connectivity index (χ2v) is 3.01. The number of aliphatic hydroxyl groups excluding tert-OH is 3. The monoisotopic (exact) mass is 284 g/mol. The zero-order valence-corrected chi connectivity index (χ0v) is 10.7. The van der Waals surface area contributed by atoms with E-state index in [1.165, 1.54) is 0 Å². The van der Waals surface area contributed by atoms with E-state index in [1.54, 1.807) is 6.92 Å². The zero-order valence-electron chi connectivity index (χ0n) is 10.7. The fraction of sp³-hybridized carbons (Fsp3) is 0.700. The van der Waals surface area contributed by atoms with E-state index < -0.39 is 24.1 Å². The molecule has 0 heterocycles. The second-order valence-electron chi connectivity index (χ2n) is 3.01. The highest BCUT2D eigenvalue weighted by Crippen LogP contribution is 1.94. The minimum absolute atomic E-state index is 0.141. The Hall–Kier alpha value is -1.71. The molecule has 1 unspecified atom stereocenters. The molecule has 0 rings (SSSR count). The van der Waals surface area contributed by atoms with Crippen LogP contribution in [-0.2, 0) is 19.1 Å². The highest BCUT2D eigenvalue weighted by Gasteiger charge is 2.14. The van der Waals surface area contributed by atoms with Gasteiger partial charge in [0.25, 0.3) is 12.4 Å². The van der Waals surface area contributed by atoms with Crippen LogP contribution in [0.1, 0.15) is 20.3 Å². The molecular formula is C10H20O9. The first-order chi connectivity index (χ1) is 8.76. The molecule has 0 aliphatic carbocycles. The second kappa shape index (κ2) is 16.3. The zero-order chi connectivity index (χ0) is 15.8. The van der Waals surface area contributed by atoms with Crippen molar-refractivity contribution in [3.05, 3.63) is 0 Å². The van der Waals surface area contributed by atoms with E-state index >= 15 is 0 Å². The molecule has 0 aromatic rings. The lowest BCUT2D eigenvalue weighted by molar-refractivity contribution is -0.156. The molecule has 19 heavy (non-hydrogen) atoms. The van der Waals surface area contributed by atoms with E-state index in [9.17, 15) is 9.59 Å². The Morgan fingerprint density at radius 1 is 1.21 bits per heavy atom. The smallest absolute Gasteiger partial charge is 0.344 e. The number of carboxylic acids is 2. The Kier molecular flexibility index (Phi) is 19.3. The molecule has 1 atom stereocenters. The summed E-state index contributed by atoms with van der Waals surface area (Å²) in [7, 11) is 0. The fourth-order valence-electron chi connectivity index (χ4n) is 0.454. The lowest BCUT2D eigenvalue weighted by atomic mass is 10.3. The molecule has 0 bridgehead atoms. The molecule has 0 fully saturated rings. The summed E-state index contributed by atoms with van der Waals surface area (Å²) in [6.45, 7) is 2.12. The van der Waals surface area contributed by atoms with Gasteiger partial charge in [-0.2, -0.15) is 0 Å². The minimum Gasteiger partial charge on any atom is -0.481 e. The van der Waals surface area contributed by atoms with Gasteiger partial charge in [0.15, 0.2) is 6.10 Å². The summed E-state index contributed by atoms with van der Waals surface area (Å²) in [5.74, 6) is -1.94. The van der Waals surface area contributed by atoms with Gasteiger partial charge in [-0.05, 0) is 6.42 Å². The summed E-state index contributed by atoms with van der Waals surface area (Å²) < 4.78 is 4.17. The lowest BCUT2D eigenvalue weighted by Gasteiger charge is -2.04. The van der Waals surface area contributed by atoms with Crippen LogP contribution < -0.4 is 0 Å². The van der Waals surface area contributed by atoms with Gasteiger partial charge in [0.05, 0.1) is 13.2 Å². The van der Waals surface area contributed by atoms with E-state index in [0.717, 1.165) is 6.92 Å². The third-order valence-electron chi connectivity index (χ3n) is 1.29. The molecule has 0 aromatic carbocycles. The molecule has 0 saturated carbocycles. The molecule has 114 valence electrons. The Morgan fingerprint density at radius 3 is 1.63 bits per heavy atom. The van der Waals surface area contributed by atoms with Gasteiger partial charge in [0.1, 0.15) is 6.10 Å². The van der Waals surface area contributed by atoms with Gasteiger partial charge < -0.3 is 30.3 Å². The molecule has 0 aromatic heterocycles. The van der Waals surface area contributed by atoms with Crippen molar-refractivity contribution in [3.63, 3.8) is 0 Å². The molecule has 9 heteroatoms. The predicted molar refractivity (Wildman–Crippen MR) is 62.4 cm³/mol. The predicted octanol–water partition coefficient (Wildman–Crippen LogP) is -1.55. The van der Waals surface area contributed by atoms with Gasteiger partial charge in [-0.3, -0.25) is 9.59 Å². The first kappa shape index (κ1) is 22.5. The average Bonchev–Trinajstić information content (AvgIpc) is 2.34. The van der Waals surface area contributed by atoms with Gasteiger partial charge in [0, 0.05) is 6.92 Å². The quantitative estimate of drug-likeness (QED) is 0.363. The largest absolute Gasteiger partial charge is 0.481 e. The van der Waals surface area contributed by atoms with Gasteiger partial charge >= 0.3 is 5.97 Å². The Bertz CT molecular complexity index is 233. The standard InChI is InChI=1S/C5H8O4.C3H8O3.C2H4O2/c1-2-4(5(7)8)9-3-6;4-1-3(6)2-5;1-2(3)4/h3-4H,2H2,1H3,(H,7,8);3-6H,1-2H2;1H3,(H,3,4). The number of aliphatic hydroxyl groups is 3. The van der Waals surface area contributed by atoms with E-state index in [4.69, 9.17) is 30.3 Å². The van der Waals surface area contributed by atoms with Crippen LogP contribution in [0.4, 0.5) is 0 Å². The van der Waals surface area contributed by atoms with Crippen LogP contribution in [0.25, 0.3) is 0 Å². The molecule has 0 aliphatic heterocycles. The van der Waals surface area contributed by atoms with E-state index in [-0.39, 0.29) is 19.7 Å². The van der Waals surface area contributed by atoms with Crippen molar-refractivity contribution in [1.82, 2.24) is 0 Å². The number of carbonyl (C=O) groups is 3. The Balaban J connectivity index is -0.000000222. The normalized spacial score (nSPS) is 10.2. The average molecular weight is 284 g/mol. The number of rotatable bonds is 6. The molecule has 0 spiro atoms. The van der Waals surface area contributed by atoms with Crippen molar-refractivity contribution >= 4 is 18.4 Å². The van der Waals surface area contributed by atoms with Crippen LogP contribution in [0.5, 0.6) is 0 Å². The molecule has 0 radical (unpaired) electrons. The van der Waals surface area contributed by atoms with Crippen LogP contribution in [0.2, 0.25) is 0 Å². The minimum atomic E-state index is -1.11. The first-order valence-corrected chi connectivity index (χ1v) is 5.17. The SMILES string of the molecule is CC(=O)O.CCC(OC=O)C(=O)O.OCC(O)CO. The molecule has 5 N–H and O–H groups in total. The van der Waals surface area contributed by atoms with Crippen molar-refractivity contribution < 1.29 is 44.7 Å². The fourth-order valence-corrected chi connectivity index (χ4v) is 0.454. The summed E-state index contributed by atoms with van der Waals surface area (Å²) >= 11 is 0. The molecular weight excluding hydrogens is 264 g/mol. The van der Waals surface area contributed by atoms with E-state index in [1.807, 2.05) is 0 Å².